The number of benzene rings is 1. The van der Waals surface area contributed by atoms with E-state index in [-0.39, 0.29) is 11.5 Å². The molecule has 0 aliphatic heterocycles. The van der Waals surface area contributed by atoms with Crippen molar-refractivity contribution in [1.82, 2.24) is 4.57 Å². The lowest BCUT2D eigenvalue weighted by Crippen LogP contribution is -2.11. The Morgan fingerprint density at radius 3 is 2.61 bits per heavy atom. The summed E-state index contributed by atoms with van der Waals surface area (Å²) < 4.78 is 7.21. The van der Waals surface area contributed by atoms with Crippen LogP contribution >= 0.6 is 0 Å². The van der Waals surface area contributed by atoms with Gasteiger partial charge in [0.05, 0.1) is 11.8 Å². The fourth-order valence-corrected chi connectivity index (χ4v) is 2.32. The first kappa shape index (κ1) is 14.8. The fourth-order valence-electron chi connectivity index (χ4n) is 2.32. The molecule has 0 aliphatic carbocycles. The van der Waals surface area contributed by atoms with Crippen molar-refractivity contribution in [3.05, 3.63) is 54.4 Å². The second-order valence-electron chi connectivity index (χ2n) is 4.97. The van der Waals surface area contributed by atoms with Crippen LogP contribution < -0.4 is 0 Å². The molecule has 0 N–H and O–H groups in total. The number of carbonyl (C=O) groups is 2. The molecule has 0 radical (unpaired) electrons. The van der Waals surface area contributed by atoms with Gasteiger partial charge < -0.3 is 9.25 Å². The number of carbonyl (C=O) groups excluding carboxylic acids is 2. The molecule has 0 unspecified atom stereocenters. The number of hydrogen-bond donors (Lipinski definition) is 0. The van der Waals surface area contributed by atoms with E-state index in [1.54, 1.807) is 29.2 Å². The van der Waals surface area contributed by atoms with Crippen LogP contribution in [0.3, 0.4) is 0 Å². The van der Waals surface area contributed by atoms with E-state index in [2.05, 4.69) is 9.99 Å². The molecule has 0 saturated heterocycles. The Morgan fingerprint density at radius 2 is 1.91 bits per heavy atom. The standard InChI is InChI=1S/C17H14N2O4/c1-11(18-23-12(2)20)17(21)14-10-19(16-8-5-9-22-16)15-7-4-3-6-13(14)15/h3-10H,1-2H3/b18-11+. The molecule has 2 heterocycles. The van der Waals surface area contributed by atoms with Crippen LogP contribution in [0.5, 0.6) is 0 Å². The molecule has 116 valence electrons. The molecular formula is C17H14N2O4. The van der Waals surface area contributed by atoms with Gasteiger partial charge in [0.25, 0.3) is 0 Å². The number of ketones is 1. The lowest BCUT2D eigenvalue weighted by Gasteiger charge is -1.99. The van der Waals surface area contributed by atoms with E-state index in [0.29, 0.717) is 11.4 Å². The Balaban J connectivity index is 2.10. The largest absolute Gasteiger partial charge is 0.448 e. The summed E-state index contributed by atoms with van der Waals surface area (Å²) in [6, 6.07) is 11.1. The van der Waals surface area contributed by atoms with Gasteiger partial charge in [-0.2, -0.15) is 0 Å². The van der Waals surface area contributed by atoms with Crippen molar-refractivity contribution in [2.24, 2.45) is 5.16 Å². The number of rotatable bonds is 4. The summed E-state index contributed by atoms with van der Waals surface area (Å²) in [6.07, 6.45) is 3.26. The van der Waals surface area contributed by atoms with Crippen LogP contribution in [0.2, 0.25) is 0 Å². The molecule has 6 nitrogen and oxygen atoms in total. The monoisotopic (exact) mass is 310 g/mol. The molecule has 6 heteroatoms. The van der Waals surface area contributed by atoms with Gasteiger partial charge in [0, 0.05) is 30.1 Å². The Labute approximate surface area is 131 Å². The second kappa shape index (κ2) is 5.92. The molecule has 0 amide bonds. The average Bonchev–Trinajstić information content (AvgIpc) is 3.19. The van der Waals surface area contributed by atoms with Crippen molar-refractivity contribution >= 4 is 28.4 Å². The van der Waals surface area contributed by atoms with Crippen molar-refractivity contribution in [2.45, 2.75) is 13.8 Å². The summed E-state index contributed by atoms with van der Waals surface area (Å²) in [4.78, 5) is 28.0. The first-order valence-electron chi connectivity index (χ1n) is 6.99. The number of fused-ring (bicyclic) bond motifs is 1. The van der Waals surface area contributed by atoms with Crippen LogP contribution in [0.4, 0.5) is 0 Å². The van der Waals surface area contributed by atoms with Gasteiger partial charge in [0.2, 0.25) is 11.7 Å². The van der Waals surface area contributed by atoms with Gasteiger partial charge in [-0.05, 0) is 19.1 Å². The van der Waals surface area contributed by atoms with Crippen molar-refractivity contribution in [3.63, 3.8) is 0 Å². The Bertz CT molecular complexity index is 904. The number of hydrogen-bond acceptors (Lipinski definition) is 5. The zero-order chi connectivity index (χ0) is 16.4. The van der Waals surface area contributed by atoms with Gasteiger partial charge in [0.1, 0.15) is 5.71 Å². The summed E-state index contributed by atoms with van der Waals surface area (Å²) in [7, 11) is 0. The number of oxime groups is 1. The van der Waals surface area contributed by atoms with E-state index in [0.717, 1.165) is 10.9 Å². The van der Waals surface area contributed by atoms with Gasteiger partial charge in [-0.15, -0.1) is 0 Å². The summed E-state index contributed by atoms with van der Waals surface area (Å²) in [5, 5.41) is 4.33. The highest BCUT2D eigenvalue weighted by Crippen LogP contribution is 2.25. The van der Waals surface area contributed by atoms with Crippen LogP contribution in [0.1, 0.15) is 24.2 Å². The third-order valence-electron chi connectivity index (χ3n) is 3.34. The number of furan rings is 1. The minimum Gasteiger partial charge on any atom is -0.448 e. The predicted molar refractivity (Wildman–Crippen MR) is 84.7 cm³/mol. The lowest BCUT2D eigenvalue weighted by molar-refractivity contribution is -0.140. The summed E-state index contributed by atoms with van der Waals surface area (Å²) in [5.41, 5.74) is 1.40. The molecule has 0 bridgehead atoms. The first-order valence-corrected chi connectivity index (χ1v) is 6.99. The molecule has 0 atom stereocenters. The topological polar surface area (TPSA) is 73.8 Å². The van der Waals surface area contributed by atoms with Crippen LogP contribution in [-0.4, -0.2) is 22.0 Å². The van der Waals surface area contributed by atoms with E-state index < -0.39 is 5.97 Å². The second-order valence-corrected chi connectivity index (χ2v) is 4.97. The highest BCUT2D eigenvalue weighted by molar-refractivity contribution is 6.47. The summed E-state index contributed by atoms with van der Waals surface area (Å²) >= 11 is 0. The van der Waals surface area contributed by atoms with Gasteiger partial charge >= 0.3 is 5.97 Å². The molecule has 0 spiro atoms. The molecule has 2 aromatic heterocycles. The maximum atomic E-state index is 12.6. The minimum atomic E-state index is -0.574. The third kappa shape index (κ3) is 2.78. The summed E-state index contributed by atoms with van der Waals surface area (Å²) in [5.74, 6) is -0.280. The molecule has 1 aromatic carbocycles. The highest BCUT2D eigenvalue weighted by atomic mass is 16.7. The van der Waals surface area contributed by atoms with Crippen LogP contribution in [0.15, 0.2) is 58.4 Å². The van der Waals surface area contributed by atoms with E-state index in [4.69, 9.17) is 4.42 Å². The maximum Gasteiger partial charge on any atom is 0.331 e. The average molecular weight is 310 g/mol. The van der Waals surface area contributed by atoms with Crippen molar-refractivity contribution in [3.8, 4) is 5.88 Å². The fraction of sp³-hybridized carbons (Fsp3) is 0.118. The predicted octanol–water partition coefficient (Wildman–Crippen LogP) is 3.35. The lowest BCUT2D eigenvalue weighted by atomic mass is 10.1. The van der Waals surface area contributed by atoms with E-state index >= 15 is 0 Å². The first-order chi connectivity index (χ1) is 11.1. The van der Waals surface area contributed by atoms with Gasteiger partial charge in [-0.3, -0.25) is 9.36 Å². The van der Waals surface area contributed by atoms with Crippen molar-refractivity contribution in [2.75, 3.05) is 0 Å². The zero-order valence-corrected chi connectivity index (χ0v) is 12.6. The normalized spacial score (nSPS) is 11.7. The van der Waals surface area contributed by atoms with Gasteiger partial charge in [-0.1, -0.05) is 23.4 Å². The molecule has 3 aromatic rings. The number of Topliss-reactive ketones (excluding diaryl/α,β-unsaturated/α-hetero) is 1. The van der Waals surface area contributed by atoms with Crippen LogP contribution in [0.25, 0.3) is 16.8 Å². The van der Waals surface area contributed by atoms with Crippen molar-refractivity contribution in [1.29, 1.82) is 0 Å². The third-order valence-corrected chi connectivity index (χ3v) is 3.34. The molecule has 0 aliphatic rings. The van der Waals surface area contributed by atoms with Crippen LogP contribution in [-0.2, 0) is 9.63 Å². The summed E-state index contributed by atoms with van der Waals surface area (Å²) in [6.45, 7) is 2.73. The van der Waals surface area contributed by atoms with Crippen LogP contribution in [0, 0.1) is 0 Å². The van der Waals surface area contributed by atoms with Crippen molar-refractivity contribution < 1.29 is 18.8 Å². The number of nitrogens with zero attached hydrogens (tertiary/aromatic N) is 2. The molecule has 0 fully saturated rings. The van der Waals surface area contributed by atoms with E-state index in [9.17, 15) is 9.59 Å². The minimum absolute atomic E-state index is 0.0996. The Hall–Kier alpha value is -3.15. The smallest absolute Gasteiger partial charge is 0.331 e. The maximum absolute atomic E-state index is 12.6. The van der Waals surface area contributed by atoms with Gasteiger partial charge in [0.15, 0.2) is 0 Å². The molecule has 23 heavy (non-hydrogen) atoms. The Kier molecular flexibility index (Phi) is 3.80. The highest BCUT2D eigenvalue weighted by Gasteiger charge is 2.19. The number of para-hydroxylation sites is 1. The van der Waals surface area contributed by atoms with E-state index in [1.165, 1.54) is 13.8 Å². The van der Waals surface area contributed by atoms with Gasteiger partial charge in [-0.25, -0.2) is 4.79 Å². The number of aromatic nitrogens is 1. The SMILES string of the molecule is CC(=O)O/N=C(\C)C(=O)c1cn(-c2ccco2)c2ccccc12. The van der Waals surface area contributed by atoms with E-state index in [1.807, 2.05) is 24.3 Å². The molecule has 0 saturated carbocycles. The Morgan fingerprint density at radius 1 is 1.13 bits per heavy atom. The molecule has 3 rings (SSSR count). The molecular weight excluding hydrogens is 296 g/mol. The zero-order valence-electron chi connectivity index (χ0n) is 12.6. The quantitative estimate of drug-likeness (QED) is 0.320.